The molecule has 140 valence electrons. The van der Waals surface area contributed by atoms with Crippen molar-refractivity contribution in [1.29, 1.82) is 0 Å². The van der Waals surface area contributed by atoms with Crippen LogP contribution in [0.2, 0.25) is 14.8 Å². The first kappa shape index (κ1) is 20.3. The van der Waals surface area contributed by atoms with Crippen molar-refractivity contribution < 1.29 is 17.6 Å². The molecule has 6 heteroatoms. The summed E-state index contributed by atoms with van der Waals surface area (Å²) in [5, 5.41) is 1.52. The van der Waals surface area contributed by atoms with E-state index in [4.69, 9.17) is 0 Å². The van der Waals surface area contributed by atoms with Gasteiger partial charge in [0.15, 0.2) is 0 Å². The number of benzene rings is 3. The Morgan fingerprint density at radius 2 is 1.00 bits per heavy atom. The van der Waals surface area contributed by atoms with Crippen LogP contribution in [0.4, 0.5) is 17.6 Å². The maximum atomic E-state index is 15.1. The van der Waals surface area contributed by atoms with E-state index in [1.165, 1.54) is 0 Å². The summed E-state index contributed by atoms with van der Waals surface area (Å²) in [6, 6.07) is 18.2. The van der Waals surface area contributed by atoms with Gasteiger partial charge in [0, 0.05) is 0 Å². The second-order valence-corrected chi connectivity index (χ2v) is 23.7. The van der Waals surface area contributed by atoms with Gasteiger partial charge in [0.1, 0.15) is 0 Å². The molecular formula is C21H19F4PSn. The minimum absolute atomic E-state index is 0.0119. The molecule has 0 bridgehead atoms. The van der Waals surface area contributed by atoms with Crippen molar-refractivity contribution in [3.8, 4) is 0 Å². The number of rotatable bonds is 4. The van der Waals surface area contributed by atoms with Crippen LogP contribution in [0.25, 0.3) is 0 Å². The van der Waals surface area contributed by atoms with Crippen LogP contribution < -0.4 is 19.5 Å². The van der Waals surface area contributed by atoms with E-state index in [2.05, 4.69) is 0 Å². The topological polar surface area (TPSA) is 0 Å². The van der Waals surface area contributed by atoms with E-state index >= 15 is 4.39 Å². The zero-order chi connectivity index (χ0) is 19.8. The van der Waals surface area contributed by atoms with Crippen LogP contribution in [0.5, 0.6) is 0 Å². The van der Waals surface area contributed by atoms with Crippen molar-refractivity contribution in [3.63, 3.8) is 0 Å². The minimum atomic E-state index is -3.37. The van der Waals surface area contributed by atoms with Crippen LogP contribution in [-0.2, 0) is 0 Å². The third kappa shape index (κ3) is 3.93. The third-order valence-electron chi connectivity index (χ3n) is 4.24. The molecular weight excluding hydrogens is 478 g/mol. The van der Waals surface area contributed by atoms with Gasteiger partial charge in [-0.05, 0) is 0 Å². The summed E-state index contributed by atoms with van der Waals surface area (Å²) in [5.41, 5.74) is 0. The summed E-state index contributed by atoms with van der Waals surface area (Å²) in [6.07, 6.45) is 0. The zero-order valence-electron chi connectivity index (χ0n) is 15.2. The molecule has 0 nitrogen and oxygen atoms in total. The second kappa shape index (κ2) is 7.92. The maximum absolute atomic E-state index is 15.1. The predicted octanol–water partition coefficient (Wildman–Crippen LogP) is 4.55. The molecule has 0 saturated heterocycles. The monoisotopic (exact) mass is 498 g/mol. The molecule has 0 heterocycles. The fourth-order valence-electron chi connectivity index (χ4n) is 3.08. The number of halogens is 4. The van der Waals surface area contributed by atoms with E-state index in [0.29, 0.717) is 0 Å². The van der Waals surface area contributed by atoms with Crippen LogP contribution in [0.15, 0.2) is 60.7 Å². The SMILES string of the molecule is [CH3][Sn]([CH3])([CH3])[c]1c(F)c(F)c(F)c(F)c1P(c1ccccc1)c1ccccc1. The first-order valence-electron chi connectivity index (χ1n) is 8.50. The Kier molecular flexibility index (Phi) is 5.97. The van der Waals surface area contributed by atoms with E-state index in [0.717, 1.165) is 10.6 Å². The fourth-order valence-corrected chi connectivity index (χ4v) is 13.2. The van der Waals surface area contributed by atoms with Crippen LogP contribution in [0.1, 0.15) is 0 Å². The standard InChI is InChI=1S/C18H10F4P.3CH3.Sn/c19-14-11-15(17(21)18(22)16(14)20)23(12-7-3-1-4-8-12)13-9-5-2-6-10-13;;;;/h1-10H;3*1H3;. The van der Waals surface area contributed by atoms with Gasteiger partial charge in [0.05, 0.1) is 0 Å². The Bertz CT molecular complexity index is 914. The van der Waals surface area contributed by atoms with E-state index in [-0.39, 0.29) is 8.88 Å². The third-order valence-corrected chi connectivity index (χ3v) is 13.0. The van der Waals surface area contributed by atoms with Crippen molar-refractivity contribution in [3.05, 3.63) is 83.9 Å². The van der Waals surface area contributed by atoms with Crippen molar-refractivity contribution >= 4 is 45.8 Å². The molecule has 27 heavy (non-hydrogen) atoms. The zero-order valence-corrected chi connectivity index (χ0v) is 19.0. The molecule has 0 spiro atoms. The Labute approximate surface area is 161 Å². The van der Waals surface area contributed by atoms with Gasteiger partial charge >= 0.3 is 162 Å². The van der Waals surface area contributed by atoms with Gasteiger partial charge in [0.25, 0.3) is 0 Å². The first-order valence-corrected chi connectivity index (χ1v) is 19.8. The summed E-state index contributed by atoms with van der Waals surface area (Å²) in [6.45, 7) is 0. The Balaban J connectivity index is 2.44. The van der Waals surface area contributed by atoms with Crippen molar-refractivity contribution in [2.45, 2.75) is 14.8 Å². The van der Waals surface area contributed by atoms with Crippen LogP contribution in [0, 0.1) is 23.3 Å². The molecule has 0 aliphatic heterocycles. The van der Waals surface area contributed by atoms with E-state index in [1.807, 2.05) is 75.5 Å². The van der Waals surface area contributed by atoms with Crippen LogP contribution in [0.3, 0.4) is 0 Å². The molecule has 3 aromatic carbocycles. The van der Waals surface area contributed by atoms with Crippen molar-refractivity contribution in [2.24, 2.45) is 0 Å². The summed E-state index contributed by atoms with van der Waals surface area (Å²) >= 11 is -3.37. The summed E-state index contributed by atoms with van der Waals surface area (Å²) in [7, 11) is -1.57. The molecule has 0 atom stereocenters. The van der Waals surface area contributed by atoms with Gasteiger partial charge in [-0.3, -0.25) is 0 Å². The van der Waals surface area contributed by atoms with Crippen molar-refractivity contribution in [2.75, 3.05) is 0 Å². The predicted molar refractivity (Wildman–Crippen MR) is 108 cm³/mol. The average Bonchev–Trinajstić information content (AvgIpc) is 2.65. The molecule has 0 fully saturated rings. The molecule has 3 aromatic rings. The van der Waals surface area contributed by atoms with Gasteiger partial charge in [-0.2, -0.15) is 0 Å². The second-order valence-electron chi connectivity index (χ2n) is 7.24. The van der Waals surface area contributed by atoms with Crippen LogP contribution >= 0.6 is 7.92 Å². The van der Waals surface area contributed by atoms with E-state index < -0.39 is 49.6 Å². The summed E-state index contributed by atoms with van der Waals surface area (Å²) in [5.74, 6) is -5.95. The molecule has 0 aliphatic carbocycles. The summed E-state index contributed by atoms with van der Waals surface area (Å²) in [4.78, 5) is 5.62. The fraction of sp³-hybridized carbons (Fsp3) is 0.143. The Morgan fingerprint density at radius 1 is 0.593 bits per heavy atom. The summed E-state index contributed by atoms with van der Waals surface area (Å²) < 4.78 is 58.4. The molecule has 0 N–H and O–H groups in total. The molecule has 0 aliphatic rings. The van der Waals surface area contributed by atoms with Gasteiger partial charge in [-0.15, -0.1) is 0 Å². The van der Waals surface area contributed by atoms with E-state index in [9.17, 15) is 13.2 Å². The van der Waals surface area contributed by atoms with Gasteiger partial charge < -0.3 is 0 Å². The Morgan fingerprint density at radius 3 is 1.41 bits per heavy atom. The molecule has 0 saturated carbocycles. The first-order chi connectivity index (χ1) is 12.7. The quantitative estimate of drug-likeness (QED) is 0.163. The van der Waals surface area contributed by atoms with Crippen molar-refractivity contribution in [1.82, 2.24) is 0 Å². The number of hydrogen-bond acceptors (Lipinski definition) is 0. The normalized spacial score (nSPS) is 11.9. The van der Waals surface area contributed by atoms with Gasteiger partial charge in [0.2, 0.25) is 0 Å². The van der Waals surface area contributed by atoms with Gasteiger partial charge in [-0.25, -0.2) is 0 Å². The average molecular weight is 497 g/mol. The molecule has 0 amide bonds. The molecule has 0 radical (unpaired) electrons. The van der Waals surface area contributed by atoms with Gasteiger partial charge in [-0.1, -0.05) is 0 Å². The number of hydrogen-bond donors (Lipinski definition) is 0. The molecule has 0 unspecified atom stereocenters. The van der Waals surface area contributed by atoms with E-state index in [1.54, 1.807) is 0 Å². The van der Waals surface area contributed by atoms with Crippen LogP contribution in [-0.4, -0.2) is 18.4 Å². The molecule has 3 rings (SSSR count). The Hall–Kier alpha value is -1.39. The molecule has 0 aromatic heterocycles.